The predicted molar refractivity (Wildman–Crippen MR) is 104 cm³/mol. The number of benzene rings is 1. The zero-order valence-electron chi connectivity index (χ0n) is 14.8. The highest BCUT2D eigenvalue weighted by Gasteiger charge is 2.18. The molecule has 1 amide bonds. The number of hydrogen-bond donors (Lipinski definition) is 3. The number of phenols is 1. The number of hydrazine groups is 1. The molecule has 27 heavy (non-hydrogen) atoms. The van der Waals surface area contributed by atoms with Crippen molar-refractivity contribution in [3.8, 4) is 5.75 Å². The summed E-state index contributed by atoms with van der Waals surface area (Å²) in [4.78, 5) is 18.4. The van der Waals surface area contributed by atoms with Gasteiger partial charge < -0.3 is 14.7 Å². The Balaban J connectivity index is 1.73. The smallest absolute Gasteiger partial charge is 0.273 e. The van der Waals surface area contributed by atoms with Crippen LogP contribution in [0.25, 0.3) is 0 Å². The Labute approximate surface area is 161 Å². The minimum Gasteiger partial charge on any atom is -0.506 e. The molecule has 0 radical (unpaired) electrons. The van der Waals surface area contributed by atoms with Gasteiger partial charge >= 0.3 is 0 Å². The molecule has 0 bridgehead atoms. The molecule has 0 atom stereocenters. The van der Waals surface area contributed by atoms with E-state index in [0.717, 1.165) is 5.46 Å². The summed E-state index contributed by atoms with van der Waals surface area (Å²) >= 11 is 5.96. The van der Waals surface area contributed by atoms with Crippen molar-refractivity contribution in [2.24, 2.45) is 0 Å². The Morgan fingerprint density at radius 3 is 2.81 bits per heavy atom. The molecule has 0 spiro atoms. The van der Waals surface area contributed by atoms with Crippen molar-refractivity contribution in [3.05, 3.63) is 40.7 Å². The lowest BCUT2D eigenvalue weighted by molar-refractivity contribution is 0.0960. The number of nitrogens with zero attached hydrogens (tertiary/aromatic N) is 2. The molecule has 1 aromatic heterocycles. The van der Waals surface area contributed by atoms with Crippen LogP contribution in [-0.4, -0.2) is 49.6 Å². The van der Waals surface area contributed by atoms with Crippen LogP contribution in [0.15, 0.2) is 24.3 Å². The Morgan fingerprint density at radius 1 is 1.37 bits per heavy atom. The summed E-state index contributed by atoms with van der Waals surface area (Å²) in [5.41, 5.74) is 5.95. The van der Waals surface area contributed by atoms with Gasteiger partial charge in [-0.2, -0.15) is 0 Å². The molecule has 0 aliphatic carbocycles. The molecule has 142 valence electrons. The number of aromatic hydroxyl groups is 1. The van der Waals surface area contributed by atoms with Gasteiger partial charge in [0, 0.05) is 13.1 Å². The number of ether oxygens (including phenoxy) is 1. The first-order valence-corrected chi connectivity index (χ1v) is 8.94. The number of carbonyl (C=O) groups excluding carboxylic acids is 1. The molecule has 1 aliphatic rings. The fraction of sp³-hybridized carbons (Fsp3) is 0.294. The van der Waals surface area contributed by atoms with E-state index in [4.69, 9.17) is 16.3 Å². The van der Waals surface area contributed by atoms with Crippen LogP contribution in [0.3, 0.4) is 0 Å². The fourth-order valence-corrected chi connectivity index (χ4v) is 2.96. The first-order chi connectivity index (χ1) is 13.0. The van der Waals surface area contributed by atoms with E-state index in [2.05, 4.69) is 15.8 Å². The number of halogens is 2. The lowest BCUT2D eigenvalue weighted by Crippen LogP contribution is -2.37. The van der Waals surface area contributed by atoms with Crippen LogP contribution in [-0.2, 0) is 4.74 Å². The molecule has 2 heterocycles. The van der Waals surface area contributed by atoms with Gasteiger partial charge in [0.1, 0.15) is 11.6 Å². The van der Waals surface area contributed by atoms with Crippen LogP contribution < -0.4 is 21.2 Å². The van der Waals surface area contributed by atoms with Crippen LogP contribution in [0.2, 0.25) is 11.8 Å². The average Bonchev–Trinajstić information content (AvgIpc) is 2.69. The molecule has 1 fully saturated rings. The van der Waals surface area contributed by atoms with Gasteiger partial charge in [-0.3, -0.25) is 15.6 Å². The number of phenolic OH excluding ortho intramolecular Hbond substituents is 1. The quantitative estimate of drug-likeness (QED) is 0.525. The van der Waals surface area contributed by atoms with Crippen LogP contribution in [0, 0.1) is 5.82 Å². The summed E-state index contributed by atoms with van der Waals surface area (Å²) in [5.74, 6) is -0.869. The van der Waals surface area contributed by atoms with E-state index in [1.807, 2.05) is 6.82 Å². The first-order valence-electron chi connectivity index (χ1n) is 8.56. The SMILES string of the molecule is CBc1cc(Cl)c(O)c(C(=O)NNc2ccc(F)c(N3CCOCC3)n2)c1. The molecule has 3 N–H and O–H groups in total. The Morgan fingerprint density at radius 2 is 2.11 bits per heavy atom. The van der Waals surface area contributed by atoms with Gasteiger partial charge in [-0.1, -0.05) is 30.0 Å². The van der Waals surface area contributed by atoms with Gasteiger partial charge in [-0.05, 0) is 18.2 Å². The maximum atomic E-state index is 14.1. The van der Waals surface area contributed by atoms with E-state index < -0.39 is 11.7 Å². The van der Waals surface area contributed by atoms with Crippen molar-refractivity contribution in [3.63, 3.8) is 0 Å². The Kier molecular flexibility index (Phi) is 6.03. The van der Waals surface area contributed by atoms with Gasteiger partial charge in [-0.25, -0.2) is 9.37 Å². The summed E-state index contributed by atoms with van der Waals surface area (Å²) in [7, 11) is 0.663. The van der Waals surface area contributed by atoms with Crippen molar-refractivity contribution in [2.45, 2.75) is 6.82 Å². The lowest BCUT2D eigenvalue weighted by atomic mass is 9.73. The minimum absolute atomic E-state index is 0.0439. The average molecular weight is 393 g/mol. The van der Waals surface area contributed by atoms with E-state index >= 15 is 0 Å². The number of aromatic nitrogens is 1. The third kappa shape index (κ3) is 4.43. The highest BCUT2D eigenvalue weighted by atomic mass is 35.5. The van der Waals surface area contributed by atoms with Crippen molar-refractivity contribution in [1.82, 2.24) is 10.4 Å². The number of amides is 1. The molecule has 7 nitrogen and oxygen atoms in total. The van der Waals surface area contributed by atoms with Crippen molar-refractivity contribution in [1.29, 1.82) is 0 Å². The minimum atomic E-state index is -0.580. The molecule has 1 aliphatic heterocycles. The summed E-state index contributed by atoms with van der Waals surface area (Å²) in [6, 6.07) is 5.86. The second kappa shape index (κ2) is 8.45. The highest BCUT2D eigenvalue weighted by Crippen LogP contribution is 2.26. The second-order valence-electron chi connectivity index (χ2n) is 6.01. The maximum absolute atomic E-state index is 14.1. The number of carbonyl (C=O) groups is 1. The van der Waals surface area contributed by atoms with Crippen LogP contribution >= 0.6 is 11.6 Å². The number of morpholine rings is 1. The second-order valence-corrected chi connectivity index (χ2v) is 6.42. The van der Waals surface area contributed by atoms with Crippen molar-refractivity contribution in [2.75, 3.05) is 36.6 Å². The molecule has 3 rings (SSSR count). The lowest BCUT2D eigenvalue weighted by Gasteiger charge is -2.28. The summed E-state index contributed by atoms with van der Waals surface area (Å²) in [6.45, 7) is 4.00. The molecule has 2 aromatic rings. The van der Waals surface area contributed by atoms with Crippen LogP contribution in [0.1, 0.15) is 10.4 Å². The normalized spacial score (nSPS) is 14.0. The first kappa shape index (κ1) is 19.3. The van der Waals surface area contributed by atoms with Gasteiger partial charge in [-0.15, -0.1) is 0 Å². The molecule has 0 unspecified atom stereocenters. The molecular formula is C17H19BClFN4O3. The number of nitrogens with one attached hydrogen (secondary N) is 2. The maximum Gasteiger partial charge on any atom is 0.273 e. The van der Waals surface area contributed by atoms with Gasteiger partial charge in [0.2, 0.25) is 0 Å². The summed E-state index contributed by atoms with van der Waals surface area (Å²) in [6.07, 6.45) is 0. The standard InChI is InChI=1S/C17H19BClFN4O3/c1-18-10-8-11(15(25)12(19)9-10)17(26)23-22-14-3-2-13(20)16(21-14)24-4-6-27-7-5-24/h2-3,8-9,18,25H,4-7H2,1H3,(H,21,22)(H,23,26). The van der Waals surface area contributed by atoms with Crippen molar-refractivity contribution >= 4 is 41.9 Å². The number of pyridine rings is 1. The van der Waals surface area contributed by atoms with Crippen LogP contribution in [0.5, 0.6) is 5.75 Å². The fourth-order valence-electron chi connectivity index (χ4n) is 2.72. The number of anilines is 2. The largest absolute Gasteiger partial charge is 0.506 e. The molecule has 0 saturated carbocycles. The Hall–Kier alpha value is -2.52. The zero-order valence-corrected chi connectivity index (χ0v) is 15.5. The zero-order chi connectivity index (χ0) is 19.4. The van der Waals surface area contributed by atoms with Gasteiger partial charge in [0.05, 0.1) is 23.8 Å². The van der Waals surface area contributed by atoms with Crippen molar-refractivity contribution < 1.29 is 19.0 Å². The Bertz CT molecular complexity index is 849. The number of hydrogen-bond acceptors (Lipinski definition) is 6. The third-order valence-electron chi connectivity index (χ3n) is 4.22. The summed E-state index contributed by atoms with van der Waals surface area (Å²) in [5, 5.41) is 10.1. The summed E-state index contributed by atoms with van der Waals surface area (Å²) < 4.78 is 19.4. The third-order valence-corrected chi connectivity index (χ3v) is 4.51. The van der Waals surface area contributed by atoms with E-state index in [1.54, 1.807) is 17.0 Å². The molecular weight excluding hydrogens is 373 g/mol. The van der Waals surface area contributed by atoms with E-state index in [-0.39, 0.29) is 28.0 Å². The topological polar surface area (TPSA) is 86.7 Å². The molecule has 1 saturated heterocycles. The van der Waals surface area contributed by atoms with E-state index in [1.165, 1.54) is 12.1 Å². The molecule has 10 heteroatoms. The molecule has 1 aromatic carbocycles. The van der Waals surface area contributed by atoms with E-state index in [9.17, 15) is 14.3 Å². The van der Waals surface area contributed by atoms with Gasteiger partial charge in [0.25, 0.3) is 5.91 Å². The highest BCUT2D eigenvalue weighted by molar-refractivity contribution is 6.52. The van der Waals surface area contributed by atoms with Gasteiger partial charge in [0.15, 0.2) is 18.9 Å². The van der Waals surface area contributed by atoms with Crippen LogP contribution in [0.4, 0.5) is 16.0 Å². The van der Waals surface area contributed by atoms with E-state index in [0.29, 0.717) is 33.6 Å². The monoisotopic (exact) mass is 392 g/mol. The number of rotatable bonds is 5. The predicted octanol–water partition coefficient (Wildman–Crippen LogP) is 1.28.